The number of morpholine rings is 1. The van der Waals surface area contributed by atoms with Gasteiger partial charge in [-0.15, -0.1) is 0 Å². The van der Waals surface area contributed by atoms with Crippen molar-refractivity contribution < 1.29 is 14.3 Å². The van der Waals surface area contributed by atoms with Crippen LogP contribution >= 0.6 is 0 Å². The van der Waals surface area contributed by atoms with Gasteiger partial charge in [0.2, 0.25) is 5.91 Å². The Balaban J connectivity index is 1.71. The number of ether oxygens (including phenoxy) is 1. The number of nitrogens with zero attached hydrogens (tertiary/aromatic N) is 3. The molecule has 2 aliphatic heterocycles. The Morgan fingerprint density at radius 1 is 1.00 bits per heavy atom. The minimum atomic E-state index is 0.00370. The van der Waals surface area contributed by atoms with Gasteiger partial charge in [0.25, 0.3) is 0 Å². The molecule has 0 bridgehead atoms. The van der Waals surface area contributed by atoms with Crippen molar-refractivity contribution in [3.63, 3.8) is 0 Å². The first-order valence-electron chi connectivity index (χ1n) is 10.3. The van der Waals surface area contributed by atoms with E-state index in [9.17, 15) is 9.59 Å². The van der Waals surface area contributed by atoms with E-state index in [1.165, 1.54) is 0 Å². The molecule has 8 nitrogen and oxygen atoms in total. The molecule has 27 heavy (non-hydrogen) atoms. The van der Waals surface area contributed by atoms with Crippen LogP contribution in [0.5, 0.6) is 0 Å². The number of hydrogen-bond acceptors (Lipinski definition) is 5. The van der Waals surface area contributed by atoms with Crippen LogP contribution in [0.15, 0.2) is 0 Å². The van der Waals surface area contributed by atoms with E-state index < -0.39 is 0 Å². The summed E-state index contributed by atoms with van der Waals surface area (Å²) in [6.07, 6.45) is 0.946. The van der Waals surface area contributed by atoms with E-state index in [1.807, 2.05) is 11.8 Å². The van der Waals surface area contributed by atoms with Crippen molar-refractivity contribution in [3.8, 4) is 0 Å². The summed E-state index contributed by atoms with van der Waals surface area (Å²) in [5.41, 5.74) is 0. The normalized spacial score (nSPS) is 20.5. The van der Waals surface area contributed by atoms with Crippen LogP contribution in [0.3, 0.4) is 0 Å². The van der Waals surface area contributed by atoms with E-state index >= 15 is 0 Å². The number of urea groups is 1. The first-order valence-corrected chi connectivity index (χ1v) is 10.3. The van der Waals surface area contributed by atoms with Crippen LogP contribution in [-0.4, -0.2) is 105 Å². The zero-order chi connectivity index (χ0) is 19.6. The molecule has 2 fully saturated rings. The molecule has 0 aromatic carbocycles. The van der Waals surface area contributed by atoms with Gasteiger partial charge in [-0.25, -0.2) is 4.79 Å². The average molecular weight is 384 g/mol. The Bertz CT molecular complexity index is 460. The molecular weight excluding hydrogens is 346 g/mol. The molecular formula is C19H37N5O3. The van der Waals surface area contributed by atoms with Crippen molar-refractivity contribution in [3.05, 3.63) is 0 Å². The second-order valence-electron chi connectivity index (χ2n) is 7.76. The van der Waals surface area contributed by atoms with Crippen molar-refractivity contribution in [2.24, 2.45) is 5.92 Å². The number of carbonyl (C=O) groups excluding carboxylic acids is 2. The maximum absolute atomic E-state index is 12.6. The zero-order valence-electron chi connectivity index (χ0n) is 17.2. The second-order valence-corrected chi connectivity index (χ2v) is 7.76. The summed E-state index contributed by atoms with van der Waals surface area (Å²) in [5, 5.41) is 6.02. The molecule has 0 spiro atoms. The molecule has 1 atom stereocenters. The molecule has 2 heterocycles. The van der Waals surface area contributed by atoms with Crippen LogP contribution in [-0.2, 0) is 9.53 Å². The maximum atomic E-state index is 12.6. The van der Waals surface area contributed by atoms with Crippen molar-refractivity contribution in [2.45, 2.75) is 33.2 Å². The molecule has 2 N–H and O–H groups in total. The van der Waals surface area contributed by atoms with E-state index in [4.69, 9.17) is 4.74 Å². The maximum Gasteiger partial charge on any atom is 0.317 e. The molecule has 0 aromatic rings. The summed E-state index contributed by atoms with van der Waals surface area (Å²) in [5.74, 6) is 0.543. The molecule has 156 valence electrons. The van der Waals surface area contributed by atoms with E-state index in [-0.39, 0.29) is 11.9 Å². The molecule has 0 aromatic heterocycles. The summed E-state index contributed by atoms with van der Waals surface area (Å²) in [6.45, 7) is 14.5. The highest BCUT2D eigenvalue weighted by Crippen LogP contribution is 2.12. The molecule has 3 amide bonds. The lowest BCUT2D eigenvalue weighted by Gasteiger charge is -2.38. The van der Waals surface area contributed by atoms with Gasteiger partial charge in [-0.3, -0.25) is 14.6 Å². The van der Waals surface area contributed by atoms with Crippen LogP contribution < -0.4 is 10.6 Å². The number of nitrogens with one attached hydrogen (secondary N) is 2. The van der Waals surface area contributed by atoms with Crippen LogP contribution in [0.25, 0.3) is 0 Å². The van der Waals surface area contributed by atoms with E-state index in [0.29, 0.717) is 38.1 Å². The Kier molecular flexibility index (Phi) is 9.30. The summed E-state index contributed by atoms with van der Waals surface area (Å²) < 4.78 is 5.44. The fourth-order valence-electron chi connectivity index (χ4n) is 3.63. The highest BCUT2D eigenvalue weighted by atomic mass is 16.5. The topological polar surface area (TPSA) is 77.2 Å². The Morgan fingerprint density at radius 3 is 2.26 bits per heavy atom. The van der Waals surface area contributed by atoms with Crippen molar-refractivity contribution in [1.29, 1.82) is 0 Å². The van der Waals surface area contributed by atoms with E-state index in [2.05, 4.69) is 34.3 Å². The number of rotatable bonds is 8. The van der Waals surface area contributed by atoms with Gasteiger partial charge in [0.05, 0.1) is 19.8 Å². The number of amides is 3. The third kappa shape index (κ3) is 7.27. The van der Waals surface area contributed by atoms with Crippen molar-refractivity contribution in [2.75, 3.05) is 72.1 Å². The molecule has 8 heteroatoms. The van der Waals surface area contributed by atoms with Gasteiger partial charge in [0.1, 0.15) is 0 Å². The monoisotopic (exact) mass is 383 g/mol. The minimum absolute atomic E-state index is 0.00370. The van der Waals surface area contributed by atoms with Gasteiger partial charge in [-0.05, 0) is 12.3 Å². The lowest BCUT2D eigenvalue weighted by molar-refractivity contribution is -0.122. The Hall–Kier alpha value is -1.38. The van der Waals surface area contributed by atoms with Crippen molar-refractivity contribution >= 4 is 11.9 Å². The predicted molar refractivity (Wildman–Crippen MR) is 106 cm³/mol. The lowest BCUT2D eigenvalue weighted by Crippen LogP contribution is -2.56. The van der Waals surface area contributed by atoms with Gasteiger partial charge in [0, 0.05) is 58.4 Å². The SMILES string of the molecule is CCCNC(=O)CN1CCN(C(=O)NCC(C(C)C)N2CCOCC2)CC1. The lowest BCUT2D eigenvalue weighted by atomic mass is 10.0. The number of carbonyl (C=O) groups is 2. The fourth-order valence-corrected chi connectivity index (χ4v) is 3.63. The van der Waals surface area contributed by atoms with Gasteiger partial charge in [-0.1, -0.05) is 20.8 Å². The van der Waals surface area contributed by atoms with Crippen molar-refractivity contribution in [1.82, 2.24) is 25.3 Å². The van der Waals surface area contributed by atoms with Gasteiger partial charge in [0.15, 0.2) is 0 Å². The summed E-state index contributed by atoms with van der Waals surface area (Å²) in [6, 6.07) is 0.338. The number of hydrogen-bond donors (Lipinski definition) is 2. The molecule has 2 aliphatic rings. The standard InChI is InChI=1S/C19H37N5O3/c1-4-5-20-18(25)15-22-6-8-24(9-7-22)19(26)21-14-17(16(2)3)23-10-12-27-13-11-23/h16-17H,4-15H2,1-3H3,(H,20,25)(H,21,26). The van der Waals surface area contributed by atoms with Crippen LogP contribution in [0.2, 0.25) is 0 Å². The second kappa shape index (κ2) is 11.5. The molecule has 0 radical (unpaired) electrons. The molecule has 0 saturated carbocycles. The number of piperazine rings is 1. The highest BCUT2D eigenvalue weighted by molar-refractivity contribution is 5.78. The van der Waals surface area contributed by atoms with E-state index in [1.54, 1.807) is 0 Å². The Labute approximate surface area is 163 Å². The van der Waals surface area contributed by atoms with Gasteiger partial charge >= 0.3 is 6.03 Å². The first-order chi connectivity index (χ1) is 13.0. The van der Waals surface area contributed by atoms with Crippen LogP contribution in [0.1, 0.15) is 27.2 Å². The molecule has 2 saturated heterocycles. The largest absolute Gasteiger partial charge is 0.379 e. The quantitative estimate of drug-likeness (QED) is 0.626. The predicted octanol–water partition coefficient (Wildman–Crippen LogP) is 0.197. The van der Waals surface area contributed by atoms with Crippen LogP contribution in [0.4, 0.5) is 4.79 Å². The fraction of sp³-hybridized carbons (Fsp3) is 0.895. The summed E-state index contributed by atoms with van der Waals surface area (Å²) >= 11 is 0. The van der Waals surface area contributed by atoms with Gasteiger partial charge in [-0.2, -0.15) is 0 Å². The molecule has 1 unspecified atom stereocenters. The third-order valence-corrected chi connectivity index (χ3v) is 5.35. The molecule has 0 aliphatic carbocycles. The summed E-state index contributed by atoms with van der Waals surface area (Å²) in [7, 11) is 0. The highest BCUT2D eigenvalue weighted by Gasteiger charge is 2.26. The zero-order valence-corrected chi connectivity index (χ0v) is 17.2. The first kappa shape index (κ1) is 21.9. The summed E-state index contributed by atoms with van der Waals surface area (Å²) in [4.78, 5) is 30.8. The Morgan fingerprint density at radius 2 is 1.67 bits per heavy atom. The third-order valence-electron chi connectivity index (χ3n) is 5.35. The minimum Gasteiger partial charge on any atom is -0.379 e. The average Bonchev–Trinajstić information content (AvgIpc) is 2.67. The van der Waals surface area contributed by atoms with Gasteiger partial charge < -0.3 is 20.3 Å². The van der Waals surface area contributed by atoms with Crippen LogP contribution in [0, 0.1) is 5.92 Å². The molecule has 2 rings (SSSR count). The smallest absolute Gasteiger partial charge is 0.317 e. The van der Waals surface area contributed by atoms with E-state index in [0.717, 1.165) is 52.4 Å².